The highest BCUT2D eigenvalue weighted by molar-refractivity contribution is 8.00. The molecule has 132 valence electrons. The molecule has 0 aliphatic rings. The molecule has 0 spiro atoms. The van der Waals surface area contributed by atoms with E-state index in [0.29, 0.717) is 0 Å². The van der Waals surface area contributed by atoms with Crippen molar-refractivity contribution in [1.82, 2.24) is 20.5 Å². The van der Waals surface area contributed by atoms with Crippen molar-refractivity contribution in [3.05, 3.63) is 11.6 Å². The van der Waals surface area contributed by atoms with Gasteiger partial charge in [0.15, 0.2) is 5.96 Å². The average molecular weight is 360 g/mol. The molecule has 0 amide bonds. The predicted octanol–water partition coefficient (Wildman–Crippen LogP) is 1.76. The monoisotopic (exact) mass is 359 g/mol. The summed E-state index contributed by atoms with van der Waals surface area (Å²) in [5, 5.41) is 8.70. The molecule has 2 N–H and O–H groups in total. The van der Waals surface area contributed by atoms with Crippen LogP contribution in [0.1, 0.15) is 12.8 Å². The van der Waals surface area contributed by atoms with Gasteiger partial charge in [-0.2, -0.15) is 0 Å². The van der Waals surface area contributed by atoms with Crippen LogP contribution in [0, 0.1) is 0 Å². The van der Waals surface area contributed by atoms with Gasteiger partial charge in [-0.3, -0.25) is 4.99 Å². The lowest BCUT2D eigenvalue weighted by Crippen LogP contribution is -2.41. The number of thioether (sulfide) groups is 1. The number of thiazole rings is 1. The standard InChI is InChI=1S/C15H29N5OS2/c1-16-14(18-7-10-20(2)9-5-11-21-3)17-6-4-12-22-15-19-8-13-23-15/h8,13H,4-7,9-12H2,1-3H3,(H2,16,17,18). The maximum atomic E-state index is 5.06. The Morgan fingerprint density at radius 3 is 2.87 bits per heavy atom. The number of hydrogen-bond donors (Lipinski definition) is 2. The molecule has 0 saturated carbocycles. The molecule has 1 aromatic rings. The predicted molar refractivity (Wildman–Crippen MR) is 101 cm³/mol. The summed E-state index contributed by atoms with van der Waals surface area (Å²) in [5.74, 6) is 1.94. The Bertz CT molecular complexity index is 414. The second-order valence-corrected chi connectivity index (χ2v) is 7.31. The number of likely N-dealkylation sites (N-methyl/N-ethyl adjacent to an activating group) is 1. The Morgan fingerprint density at radius 2 is 2.17 bits per heavy atom. The minimum absolute atomic E-state index is 0.819. The zero-order valence-corrected chi connectivity index (χ0v) is 16.0. The first-order valence-electron chi connectivity index (χ1n) is 7.90. The first kappa shape index (κ1) is 20.2. The van der Waals surface area contributed by atoms with E-state index in [1.807, 2.05) is 30.4 Å². The lowest BCUT2D eigenvalue weighted by atomic mass is 10.4. The number of aromatic nitrogens is 1. The average Bonchev–Trinajstić information content (AvgIpc) is 3.06. The van der Waals surface area contributed by atoms with E-state index in [2.05, 4.69) is 32.6 Å². The van der Waals surface area contributed by atoms with Crippen LogP contribution in [-0.4, -0.2) is 75.6 Å². The molecule has 0 aromatic carbocycles. The second kappa shape index (κ2) is 13.6. The van der Waals surface area contributed by atoms with Gasteiger partial charge in [0.1, 0.15) is 4.34 Å². The number of nitrogens with one attached hydrogen (secondary N) is 2. The summed E-state index contributed by atoms with van der Waals surface area (Å²) in [4.78, 5) is 10.8. The molecule has 6 nitrogen and oxygen atoms in total. The number of nitrogens with zero attached hydrogens (tertiary/aromatic N) is 3. The van der Waals surface area contributed by atoms with Crippen molar-refractivity contribution in [2.45, 2.75) is 17.2 Å². The summed E-state index contributed by atoms with van der Waals surface area (Å²) in [6, 6.07) is 0. The van der Waals surface area contributed by atoms with Gasteiger partial charge in [0, 0.05) is 64.3 Å². The molecule has 1 rings (SSSR count). The Morgan fingerprint density at radius 1 is 1.35 bits per heavy atom. The van der Waals surface area contributed by atoms with Gasteiger partial charge in [0.05, 0.1) is 0 Å². The maximum Gasteiger partial charge on any atom is 0.191 e. The van der Waals surface area contributed by atoms with Gasteiger partial charge in [-0.05, 0) is 19.9 Å². The zero-order chi connectivity index (χ0) is 16.8. The van der Waals surface area contributed by atoms with Crippen LogP contribution < -0.4 is 10.6 Å². The molecule has 1 aromatic heterocycles. The number of aliphatic imine (C=N–C) groups is 1. The third kappa shape index (κ3) is 10.5. The number of hydrogen-bond acceptors (Lipinski definition) is 6. The summed E-state index contributed by atoms with van der Waals surface area (Å²) in [6.45, 7) is 4.67. The minimum atomic E-state index is 0.819. The fourth-order valence-corrected chi connectivity index (χ4v) is 3.54. The summed E-state index contributed by atoms with van der Waals surface area (Å²) in [5.41, 5.74) is 0. The maximum absolute atomic E-state index is 5.06. The van der Waals surface area contributed by atoms with E-state index in [0.717, 1.165) is 61.7 Å². The highest BCUT2D eigenvalue weighted by Gasteiger charge is 2.01. The summed E-state index contributed by atoms with van der Waals surface area (Å²) >= 11 is 3.50. The van der Waals surface area contributed by atoms with Crippen molar-refractivity contribution in [2.24, 2.45) is 4.99 Å². The number of ether oxygens (including phenoxy) is 1. The van der Waals surface area contributed by atoms with Gasteiger partial charge in [0.2, 0.25) is 0 Å². The Kier molecular flexibility index (Phi) is 11.9. The fraction of sp³-hybridized carbons (Fsp3) is 0.733. The Labute approximate surface area is 148 Å². The Balaban J connectivity index is 2.01. The topological polar surface area (TPSA) is 61.8 Å². The normalized spacial score (nSPS) is 11.9. The van der Waals surface area contributed by atoms with Gasteiger partial charge >= 0.3 is 0 Å². The van der Waals surface area contributed by atoms with Crippen LogP contribution in [0.4, 0.5) is 0 Å². The van der Waals surface area contributed by atoms with Crippen LogP contribution in [0.25, 0.3) is 0 Å². The van der Waals surface area contributed by atoms with Crippen molar-refractivity contribution in [3.63, 3.8) is 0 Å². The first-order valence-corrected chi connectivity index (χ1v) is 9.77. The fourth-order valence-electron chi connectivity index (χ4n) is 1.90. The third-order valence-corrected chi connectivity index (χ3v) is 5.20. The van der Waals surface area contributed by atoms with Gasteiger partial charge in [0.25, 0.3) is 0 Å². The smallest absolute Gasteiger partial charge is 0.191 e. The minimum Gasteiger partial charge on any atom is -0.385 e. The van der Waals surface area contributed by atoms with Crippen molar-refractivity contribution in [1.29, 1.82) is 0 Å². The van der Waals surface area contributed by atoms with Crippen LogP contribution >= 0.6 is 23.1 Å². The van der Waals surface area contributed by atoms with Gasteiger partial charge in [-0.1, -0.05) is 11.8 Å². The lowest BCUT2D eigenvalue weighted by molar-refractivity contribution is 0.180. The lowest BCUT2D eigenvalue weighted by Gasteiger charge is -2.18. The number of guanidine groups is 1. The zero-order valence-electron chi connectivity index (χ0n) is 14.4. The van der Waals surface area contributed by atoms with Crippen LogP contribution in [-0.2, 0) is 4.74 Å². The highest BCUT2D eigenvalue weighted by Crippen LogP contribution is 2.20. The molecule has 0 saturated heterocycles. The van der Waals surface area contributed by atoms with Crippen LogP contribution in [0.2, 0.25) is 0 Å². The quantitative estimate of drug-likeness (QED) is 0.257. The van der Waals surface area contributed by atoms with Crippen molar-refractivity contribution in [3.8, 4) is 0 Å². The van der Waals surface area contributed by atoms with Crippen molar-refractivity contribution < 1.29 is 4.74 Å². The molecule has 8 heteroatoms. The Hall–Kier alpha value is -0.830. The highest BCUT2D eigenvalue weighted by atomic mass is 32.2. The summed E-state index contributed by atoms with van der Waals surface area (Å²) in [6.07, 6.45) is 4.00. The van der Waals surface area contributed by atoms with Crippen molar-refractivity contribution in [2.75, 3.05) is 59.7 Å². The van der Waals surface area contributed by atoms with Crippen LogP contribution in [0.3, 0.4) is 0 Å². The first-order chi connectivity index (χ1) is 11.3. The van der Waals surface area contributed by atoms with Crippen LogP contribution in [0.5, 0.6) is 0 Å². The molecule has 0 aliphatic heterocycles. The molecule has 23 heavy (non-hydrogen) atoms. The molecule has 0 aliphatic carbocycles. The SMILES string of the molecule is CN=C(NCCCSc1nccs1)NCCN(C)CCCOC. The van der Waals surface area contributed by atoms with E-state index in [1.165, 1.54) is 0 Å². The van der Waals surface area contributed by atoms with E-state index in [4.69, 9.17) is 4.74 Å². The molecular formula is C15H29N5OS2. The molecule has 0 fully saturated rings. The molecular weight excluding hydrogens is 330 g/mol. The number of methoxy groups -OCH3 is 1. The molecule has 0 unspecified atom stereocenters. The van der Waals surface area contributed by atoms with E-state index in [-0.39, 0.29) is 0 Å². The van der Waals surface area contributed by atoms with Gasteiger partial charge in [-0.25, -0.2) is 4.98 Å². The van der Waals surface area contributed by atoms with E-state index in [1.54, 1.807) is 18.4 Å². The summed E-state index contributed by atoms with van der Waals surface area (Å²) < 4.78 is 6.21. The molecule has 0 bridgehead atoms. The summed E-state index contributed by atoms with van der Waals surface area (Å²) in [7, 11) is 5.68. The van der Waals surface area contributed by atoms with Crippen molar-refractivity contribution >= 4 is 29.1 Å². The third-order valence-electron chi connectivity index (χ3n) is 3.15. The van der Waals surface area contributed by atoms with E-state index in [9.17, 15) is 0 Å². The number of rotatable bonds is 12. The molecule has 1 heterocycles. The van der Waals surface area contributed by atoms with Crippen LogP contribution in [0.15, 0.2) is 20.9 Å². The second-order valence-electron chi connectivity index (χ2n) is 5.08. The van der Waals surface area contributed by atoms with E-state index < -0.39 is 0 Å². The van der Waals surface area contributed by atoms with E-state index >= 15 is 0 Å². The largest absolute Gasteiger partial charge is 0.385 e. The van der Waals surface area contributed by atoms with Gasteiger partial charge in [-0.15, -0.1) is 11.3 Å². The molecule has 0 atom stereocenters. The van der Waals surface area contributed by atoms with Gasteiger partial charge < -0.3 is 20.3 Å². The molecule has 0 radical (unpaired) electrons.